The number of rotatable bonds is 14. The van der Waals surface area contributed by atoms with Gasteiger partial charge in [0.2, 0.25) is 0 Å². The minimum absolute atomic E-state index is 0.199. The summed E-state index contributed by atoms with van der Waals surface area (Å²) in [6.45, 7) is 2.21. The molecule has 0 saturated heterocycles. The Morgan fingerprint density at radius 1 is 0.957 bits per heavy atom. The van der Waals surface area contributed by atoms with E-state index in [9.17, 15) is 9.90 Å². The van der Waals surface area contributed by atoms with Crippen LogP contribution in [0.4, 0.5) is 0 Å². The van der Waals surface area contributed by atoms with Crippen LogP contribution < -0.4 is 0 Å². The van der Waals surface area contributed by atoms with Crippen LogP contribution in [0.15, 0.2) is 48.6 Å². The fourth-order valence-electron chi connectivity index (χ4n) is 1.96. The molecule has 0 radical (unpaired) electrons. The highest BCUT2D eigenvalue weighted by atomic mass is 16.4. The molecule has 0 amide bonds. The molecule has 2 N–H and O–H groups in total. The van der Waals surface area contributed by atoms with Crippen molar-refractivity contribution in [3.8, 4) is 0 Å². The third-order valence-electron chi connectivity index (χ3n) is 3.30. The lowest BCUT2D eigenvalue weighted by Gasteiger charge is -1.99. The zero-order chi connectivity index (χ0) is 17.2. The third kappa shape index (κ3) is 18.3. The fourth-order valence-corrected chi connectivity index (χ4v) is 1.96. The molecule has 0 spiro atoms. The fraction of sp³-hybridized carbons (Fsp3) is 0.550. The van der Waals surface area contributed by atoms with E-state index >= 15 is 0 Å². The topological polar surface area (TPSA) is 57.5 Å². The molecule has 0 unspecified atom stereocenters. The second-order valence-corrected chi connectivity index (χ2v) is 5.58. The highest BCUT2D eigenvalue weighted by Gasteiger charge is 1.95. The highest BCUT2D eigenvalue weighted by Crippen LogP contribution is 2.02. The first kappa shape index (κ1) is 21.4. The van der Waals surface area contributed by atoms with Crippen molar-refractivity contribution in [3.63, 3.8) is 0 Å². The number of carboxylic acid groups (broad SMARTS) is 1. The van der Waals surface area contributed by atoms with Gasteiger partial charge < -0.3 is 10.2 Å². The number of aliphatic hydroxyl groups excluding tert-OH is 1. The standard InChI is InChI=1S/C20H32O3/c1-2-3-4-5-6-7-8-9-10-13-16-19(21)17-14-11-12-15-18-20(22)23/h6-7,9-11,13-14,16,19,21H,2-5,8,12,15,17-18H2,1H3,(H,22,23)/b7-6+,10-9+,14-11-,16-13-/t19-/m0/s1. The Kier molecular flexibility index (Phi) is 15.6. The van der Waals surface area contributed by atoms with Gasteiger partial charge in [0.25, 0.3) is 0 Å². The van der Waals surface area contributed by atoms with E-state index in [0.717, 1.165) is 19.3 Å². The number of aliphatic carboxylic acids is 1. The molecule has 0 aromatic heterocycles. The summed E-state index contributed by atoms with van der Waals surface area (Å²) >= 11 is 0. The van der Waals surface area contributed by atoms with Crippen LogP contribution in [0.5, 0.6) is 0 Å². The summed E-state index contributed by atoms with van der Waals surface area (Å²) in [6.07, 6.45) is 23.5. The Hall–Kier alpha value is -1.61. The van der Waals surface area contributed by atoms with Gasteiger partial charge in [0, 0.05) is 6.42 Å². The normalized spacial score (nSPS) is 13.8. The maximum absolute atomic E-state index is 10.3. The maximum atomic E-state index is 10.3. The van der Waals surface area contributed by atoms with Gasteiger partial charge in [-0.1, -0.05) is 68.4 Å². The van der Waals surface area contributed by atoms with Crippen LogP contribution in [0, 0.1) is 0 Å². The number of allylic oxidation sites excluding steroid dienone is 6. The molecule has 0 fully saturated rings. The first-order valence-corrected chi connectivity index (χ1v) is 8.70. The number of carbonyl (C=O) groups is 1. The van der Waals surface area contributed by atoms with E-state index in [0.29, 0.717) is 12.8 Å². The summed E-state index contributed by atoms with van der Waals surface area (Å²) in [4.78, 5) is 10.3. The van der Waals surface area contributed by atoms with Gasteiger partial charge in [-0.2, -0.15) is 0 Å². The number of carboxylic acids is 1. The second kappa shape index (κ2) is 16.8. The van der Waals surface area contributed by atoms with E-state index < -0.39 is 12.1 Å². The number of unbranched alkanes of at least 4 members (excludes halogenated alkanes) is 4. The second-order valence-electron chi connectivity index (χ2n) is 5.58. The predicted octanol–water partition coefficient (Wildman–Crippen LogP) is 5.19. The van der Waals surface area contributed by atoms with Crippen molar-refractivity contribution >= 4 is 5.97 Å². The third-order valence-corrected chi connectivity index (χ3v) is 3.30. The number of hydrogen-bond donors (Lipinski definition) is 2. The Labute approximate surface area is 141 Å². The molecular weight excluding hydrogens is 288 g/mol. The summed E-state index contributed by atoms with van der Waals surface area (Å²) in [5.41, 5.74) is 0. The Bertz CT molecular complexity index is 392. The number of hydrogen-bond acceptors (Lipinski definition) is 2. The van der Waals surface area contributed by atoms with Gasteiger partial charge in [0.15, 0.2) is 0 Å². The van der Waals surface area contributed by atoms with Crippen LogP contribution in [0.3, 0.4) is 0 Å². The first-order chi connectivity index (χ1) is 11.2. The van der Waals surface area contributed by atoms with Gasteiger partial charge in [-0.25, -0.2) is 0 Å². The molecule has 0 rings (SSSR count). The van der Waals surface area contributed by atoms with Crippen molar-refractivity contribution in [3.05, 3.63) is 48.6 Å². The zero-order valence-corrected chi connectivity index (χ0v) is 14.4. The average Bonchev–Trinajstić information content (AvgIpc) is 2.52. The van der Waals surface area contributed by atoms with Crippen LogP contribution in [0.25, 0.3) is 0 Å². The molecule has 1 atom stereocenters. The molecule has 0 heterocycles. The van der Waals surface area contributed by atoms with Crippen LogP contribution in [0.2, 0.25) is 0 Å². The average molecular weight is 320 g/mol. The molecule has 0 bridgehead atoms. The van der Waals surface area contributed by atoms with Crippen LogP contribution in [-0.4, -0.2) is 22.3 Å². The van der Waals surface area contributed by atoms with Crippen molar-refractivity contribution < 1.29 is 15.0 Å². The van der Waals surface area contributed by atoms with E-state index in [1.807, 2.05) is 24.3 Å². The summed E-state index contributed by atoms with van der Waals surface area (Å²) in [7, 11) is 0. The van der Waals surface area contributed by atoms with Crippen molar-refractivity contribution in [1.29, 1.82) is 0 Å². The monoisotopic (exact) mass is 320 g/mol. The smallest absolute Gasteiger partial charge is 0.303 e. The van der Waals surface area contributed by atoms with Gasteiger partial charge in [0.1, 0.15) is 0 Å². The van der Waals surface area contributed by atoms with Crippen LogP contribution in [0.1, 0.15) is 64.7 Å². The van der Waals surface area contributed by atoms with Crippen molar-refractivity contribution in [2.75, 3.05) is 0 Å². The van der Waals surface area contributed by atoms with Crippen molar-refractivity contribution in [1.82, 2.24) is 0 Å². The zero-order valence-electron chi connectivity index (χ0n) is 14.4. The lowest BCUT2D eigenvalue weighted by molar-refractivity contribution is -0.137. The minimum atomic E-state index is -0.760. The molecule has 0 aliphatic heterocycles. The highest BCUT2D eigenvalue weighted by molar-refractivity contribution is 5.66. The Balaban J connectivity index is 3.63. The molecule has 0 aromatic rings. The van der Waals surface area contributed by atoms with Crippen LogP contribution >= 0.6 is 0 Å². The Morgan fingerprint density at radius 3 is 2.43 bits per heavy atom. The molecule has 130 valence electrons. The van der Waals surface area contributed by atoms with E-state index in [4.69, 9.17) is 5.11 Å². The molecule has 3 heteroatoms. The van der Waals surface area contributed by atoms with E-state index in [2.05, 4.69) is 25.2 Å². The Morgan fingerprint density at radius 2 is 1.70 bits per heavy atom. The van der Waals surface area contributed by atoms with E-state index in [-0.39, 0.29) is 6.42 Å². The van der Waals surface area contributed by atoms with Gasteiger partial charge in [-0.05, 0) is 38.5 Å². The maximum Gasteiger partial charge on any atom is 0.303 e. The van der Waals surface area contributed by atoms with Crippen molar-refractivity contribution in [2.24, 2.45) is 0 Å². The molecule has 0 aliphatic carbocycles. The van der Waals surface area contributed by atoms with Crippen molar-refractivity contribution in [2.45, 2.75) is 70.8 Å². The van der Waals surface area contributed by atoms with E-state index in [1.54, 1.807) is 6.08 Å². The quantitative estimate of drug-likeness (QED) is 0.263. The van der Waals surface area contributed by atoms with Gasteiger partial charge in [-0.15, -0.1) is 0 Å². The van der Waals surface area contributed by atoms with Gasteiger partial charge in [0.05, 0.1) is 6.10 Å². The lowest BCUT2D eigenvalue weighted by Crippen LogP contribution is -1.98. The summed E-state index contributed by atoms with van der Waals surface area (Å²) in [6, 6.07) is 0. The van der Waals surface area contributed by atoms with E-state index in [1.165, 1.54) is 19.3 Å². The molecule has 23 heavy (non-hydrogen) atoms. The van der Waals surface area contributed by atoms with Crippen LogP contribution in [-0.2, 0) is 4.79 Å². The molecule has 0 aromatic carbocycles. The molecule has 0 saturated carbocycles. The lowest BCUT2D eigenvalue weighted by atomic mass is 10.2. The molecule has 0 aliphatic rings. The van der Waals surface area contributed by atoms with Gasteiger partial charge >= 0.3 is 5.97 Å². The first-order valence-electron chi connectivity index (χ1n) is 8.70. The SMILES string of the molecule is CCCCC/C=C/C/C=C/C=C\[C@H](O)C/C=C\CCCC(=O)O. The minimum Gasteiger partial charge on any atom is -0.481 e. The summed E-state index contributed by atoms with van der Waals surface area (Å²) in [5.74, 6) is -0.760. The largest absolute Gasteiger partial charge is 0.481 e. The van der Waals surface area contributed by atoms with Gasteiger partial charge in [-0.3, -0.25) is 4.79 Å². The molecular formula is C20H32O3. The summed E-state index contributed by atoms with van der Waals surface area (Å²) < 4.78 is 0. The number of aliphatic hydroxyl groups is 1. The summed E-state index contributed by atoms with van der Waals surface area (Å²) in [5, 5.41) is 18.2. The predicted molar refractivity (Wildman–Crippen MR) is 97.4 cm³/mol. The molecule has 3 nitrogen and oxygen atoms in total.